The van der Waals surface area contributed by atoms with Crippen LogP contribution < -0.4 is 5.32 Å². The van der Waals surface area contributed by atoms with Crippen LogP contribution in [-0.2, 0) is 4.74 Å². The first kappa shape index (κ1) is 12.0. The molecule has 1 heterocycles. The first-order valence-electron chi connectivity index (χ1n) is 7.53. The summed E-state index contributed by atoms with van der Waals surface area (Å²) in [5.41, 5.74) is 0. The van der Waals surface area contributed by atoms with Crippen LogP contribution in [0.15, 0.2) is 0 Å². The highest BCUT2D eigenvalue weighted by atomic mass is 16.5. The molecule has 5 atom stereocenters. The number of hydrogen-bond acceptors (Lipinski definition) is 2. The SMILES string of the molecule is CC1CCC(C(C)C)C(OC2C3CNCC32)C1. The molecule has 1 saturated heterocycles. The van der Waals surface area contributed by atoms with Gasteiger partial charge in [-0.25, -0.2) is 0 Å². The smallest absolute Gasteiger partial charge is 0.0667 e. The van der Waals surface area contributed by atoms with E-state index in [1.807, 2.05) is 0 Å². The quantitative estimate of drug-likeness (QED) is 0.815. The first-order valence-corrected chi connectivity index (χ1v) is 7.53. The van der Waals surface area contributed by atoms with Crippen molar-refractivity contribution in [2.75, 3.05) is 13.1 Å². The third-order valence-corrected chi connectivity index (χ3v) is 5.31. The zero-order valence-corrected chi connectivity index (χ0v) is 11.5. The Balaban J connectivity index is 1.59. The molecule has 2 nitrogen and oxygen atoms in total. The van der Waals surface area contributed by atoms with Crippen molar-refractivity contribution in [2.45, 2.75) is 52.2 Å². The summed E-state index contributed by atoms with van der Waals surface area (Å²) in [6.07, 6.45) is 5.24. The Kier molecular flexibility index (Phi) is 3.20. The van der Waals surface area contributed by atoms with Gasteiger partial charge in [-0.2, -0.15) is 0 Å². The molecule has 1 aliphatic heterocycles. The summed E-state index contributed by atoms with van der Waals surface area (Å²) in [6.45, 7) is 9.52. The summed E-state index contributed by atoms with van der Waals surface area (Å²) in [6, 6.07) is 0. The monoisotopic (exact) mass is 237 g/mol. The van der Waals surface area contributed by atoms with Crippen LogP contribution in [0.2, 0.25) is 0 Å². The Morgan fingerprint density at radius 1 is 1.12 bits per heavy atom. The molecule has 0 aromatic rings. The summed E-state index contributed by atoms with van der Waals surface area (Å²) in [7, 11) is 0. The van der Waals surface area contributed by atoms with E-state index in [0.717, 1.165) is 29.6 Å². The second-order valence-electron chi connectivity index (χ2n) is 6.95. The minimum absolute atomic E-state index is 0.550. The van der Waals surface area contributed by atoms with Gasteiger partial charge in [0.2, 0.25) is 0 Å². The van der Waals surface area contributed by atoms with E-state index in [2.05, 4.69) is 26.1 Å². The highest BCUT2D eigenvalue weighted by molar-refractivity contribution is 5.06. The fourth-order valence-electron chi connectivity index (χ4n) is 4.04. The van der Waals surface area contributed by atoms with Crippen molar-refractivity contribution >= 4 is 0 Å². The molecule has 1 N–H and O–H groups in total. The molecule has 0 amide bonds. The summed E-state index contributed by atoms with van der Waals surface area (Å²) in [4.78, 5) is 0. The fraction of sp³-hybridized carbons (Fsp3) is 1.00. The van der Waals surface area contributed by atoms with Gasteiger partial charge >= 0.3 is 0 Å². The standard InChI is InChI=1S/C15H27NO/c1-9(2)11-5-4-10(3)6-14(11)17-15-12-7-16-8-13(12)15/h9-16H,4-8H2,1-3H3. The second kappa shape index (κ2) is 4.55. The highest BCUT2D eigenvalue weighted by Crippen LogP contribution is 2.47. The maximum Gasteiger partial charge on any atom is 0.0667 e. The molecule has 0 bridgehead atoms. The molecule has 0 spiro atoms. The molecule has 0 radical (unpaired) electrons. The third-order valence-electron chi connectivity index (χ3n) is 5.31. The van der Waals surface area contributed by atoms with Gasteiger partial charge in [-0.05, 0) is 30.6 Å². The Morgan fingerprint density at radius 2 is 1.82 bits per heavy atom. The lowest BCUT2D eigenvalue weighted by Gasteiger charge is -2.37. The van der Waals surface area contributed by atoms with Gasteiger partial charge in [0.1, 0.15) is 0 Å². The van der Waals surface area contributed by atoms with E-state index >= 15 is 0 Å². The van der Waals surface area contributed by atoms with Crippen LogP contribution in [0.1, 0.15) is 40.0 Å². The molecule has 2 heteroatoms. The van der Waals surface area contributed by atoms with Gasteiger partial charge in [-0.15, -0.1) is 0 Å². The van der Waals surface area contributed by atoms with Crippen molar-refractivity contribution in [3.8, 4) is 0 Å². The first-order chi connectivity index (χ1) is 8.16. The lowest BCUT2D eigenvalue weighted by Crippen LogP contribution is -2.36. The average Bonchev–Trinajstić information content (AvgIpc) is 2.74. The van der Waals surface area contributed by atoms with Crippen molar-refractivity contribution < 1.29 is 4.74 Å². The van der Waals surface area contributed by atoms with Crippen molar-refractivity contribution in [1.82, 2.24) is 5.32 Å². The van der Waals surface area contributed by atoms with E-state index < -0.39 is 0 Å². The van der Waals surface area contributed by atoms with Gasteiger partial charge in [0.05, 0.1) is 12.2 Å². The van der Waals surface area contributed by atoms with Gasteiger partial charge < -0.3 is 10.1 Å². The molecule has 98 valence electrons. The molecule has 2 saturated carbocycles. The molecular formula is C15H27NO. The summed E-state index contributed by atoms with van der Waals surface area (Å²) >= 11 is 0. The van der Waals surface area contributed by atoms with Crippen molar-refractivity contribution in [1.29, 1.82) is 0 Å². The second-order valence-corrected chi connectivity index (χ2v) is 6.95. The van der Waals surface area contributed by atoms with Crippen molar-refractivity contribution in [2.24, 2.45) is 29.6 Å². The number of ether oxygens (including phenoxy) is 1. The molecule has 2 aliphatic carbocycles. The number of piperidine rings is 1. The molecule has 3 rings (SSSR count). The average molecular weight is 237 g/mol. The minimum atomic E-state index is 0.550. The predicted octanol–water partition coefficient (Wildman–Crippen LogP) is 2.68. The normalized spacial score (nSPS) is 49.4. The van der Waals surface area contributed by atoms with Gasteiger partial charge in [0, 0.05) is 24.9 Å². The van der Waals surface area contributed by atoms with E-state index in [1.54, 1.807) is 0 Å². The number of nitrogens with one attached hydrogen (secondary N) is 1. The van der Waals surface area contributed by atoms with Crippen LogP contribution in [0.5, 0.6) is 0 Å². The molecule has 5 unspecified atom stereocenters. The maximum absolute atomic E-state index is 6.47. The van der Waals surface area contributed by atoms with E-state index in [4.69, 9.17) is 4.74 Å². The lowest BCUT2D eigenvalue weighted by atomic mass is 9.75. The van der Waals surface area contributed by atoms with E-state index in [-0.39, 0.29) is 0 Å². The van der Waals surface area contributed by atoms with Crippen molar-refractivity contribution in [3.05, 3.63) is 0 Å². The number of hydrogen-bond donors (Lipinski definition) is 1. The minimum Gasteiger partial charge on any atom is -0.374 e. The van der Waals surface area contributed by atoms with E-state index in [0.29, 0.717) is 12.2 Å². The molecule has 0 aromatic carbocycles. The Bertz CT molecular complexity index is 268. The molecule has 3 aliphatic rings. The third kappa shape index (κ3) is 2.26. The van der Waals surface area contributed by atoms with Crippen LogP contribution in [0, 0.1) is 29.6 Å². The lowest BCUT2D eigenvalue weighted by molar-refractivity contribution is -0.0570. The van der Waals surface area contributed by atoms with Gasteiger partial charge in [-0.3, -0.25) is 0 Å². The zero-order chi connectivity index (χ0) is 12.0. The molecular weight excluding hydrogens is 210 g/mol. The highest BCUT2D eigenvalue weighted by Gasteiger charge is 2.55. The molecule has 17 heavy (non-hydrogen) atoms. The van der Waals surface area contributed by atoms with Crippen LogP contribution in [0.4, 0.5) is 0 Å². The van der Waals surface area contributed by atoms with Crippen LogP contribution in [0.25, 0.3) is 0 Å². The Labute approximate surface area is 105 Å². The molecule has 0 aromatic heterocycles. The zero-order valence-electron chi connectivity index (χ0n) is 11.5. The van der Waals surface area contributed by atoms with E-state index in [1.165, 1.54) is 32.4 Å². The van der Waals surface area contributed by atoms with Crippen LogP contribution in [0.3, 0.4) is 0 Å². The van der Waals surface area contributed by atoms with Crippen molar-refractivity contribution in [3.63, 3.8) is 0 Å². The van der Waals surface area contributed by atoms with Crippen LogP contribution >= 0.6 is 0 Å². The van der Waals surface area contributed by atoms with Crippen LogP contribution in [-0.4, -0.2) is 25.3 Å². The topological polar surface area (TPSA) is 21.3 Å². The summed E-state index contributed by atoms with van der Waals surface area (Å²) < 4.78 is 6.47. The Hall–Kier alpha value is -0.0800. The summed E-state index contributed by atoms with van der Waals surface area (Å²) in [5.74, 6) is 4.15. The largest absolute Gasteiger partial charge is 0.374 e. The van der Waals surface area contributed by atoms with Gasteiger partial charge in [-0.1, -0.05) is 27.2 Å². The van der Waals surface area contributed by atoms with E-state index in [9.17, 15) is 0 Å². The maximum atomic E-state index is 6.47. The molecule has 3 fully saturated rings. The fourth-order valence-corrected chi connectivity index (χ4v) is 4.04. The number of fused-ring (bicyclic) bond motifs is 1. The van der Waals surface area contributed by atoms with Gasteiger partial charge in [0.15, 0.2) is 0 Å². The predicted molar refractivity (Wildman–Crippen MR) is 69.9 cm³/mol. The summed E-state index contributed by atoms with van der Waals surface area (Å²) in [5, 5.41) is 3.45. The Morgan fingerprint density at radius 3 is 2.47 bits per heavy atom. The van der Waals surface area contributed by atoms with Gasteiger partial charge in [0.25, 0.3) is 0 Å². The number of rotatable bonds is 3.